The molecule has 19 heavy (non-hydrogen) atoms. The Morgan fingerprint density at radius 3 is 2.53 bits per heavy atom. The summed E-state index contributed by atoms with van der Waals surface area (Å²) in [6.07, 6.45) is 7.03. The molecule has 0 amide bonds. The lowest BCUT2D eigenvalue weighted by Gasteiger charge is -2.28. The van der Waals surface area contributed by atoms with Gasteiger partial charge >= 0.3 is 0 Å². The van der Waals surface area contributed by atoms with Gasteiger partial charge in [0.2, 0.25) is 0 Å². The molecule has 0 aliphatic heterocycles. The molecule has 1 rings (SSSR count). The number of nitrogens with zero attached hydrogens (tertiary/aromatic N) is 2. The number of rotatable bonds is 7. The zero-order valence-corrected chi connectivity index (χ0v) is 13.0. The van der Waals surface area contributed by atoms with Crippen molar-refractivity contribution in [2.45, 2.75) is 64.8 Å². The molecule has 3 heteroatoms. The maximum Gasteiger partial charge on any atom is 0.106 e. The average Bonchev–Trinajstić information content (AvgIpc) is 2.66. The standard InChI is InChI=1S/C16H31N3/c1-4-15-8-7-10-16(14-17,11-9-15)18-12-13-19(5-2)6-3/h15,18H,4-13H2,1-3H3. The van der Waals surface area contributed by atoms with Crippen molar-refractivity contribution < 1.29 is 0 Å². The quantitative estimate of drug-likeness (QED) is 0.719. The first kappa shape index (κ1) is 16.5. The van der Waals surface area contributed by atoms with E-state index in [-0.39, 0.29) is 5.54 Å². The third-order valence-corrected chi connectivity index (χ3v) is 4.77. The van der Waals surface area contributed by atoms with Crippen LogP contribution in [-0.2, 0) is 0 Å². The van der Waals surface area contributed by atoms with Crippen LogP contribution in [0.5, 0.6) is 0 Å². The maximum absolute atomic E-state index is 9.58. The van der Waals surface area contributed by atoms with Gasteiger partial charge < -0.3 is 4.90 Å². The third kappa shape index (κ3) is 5.12. The highest BCUT2D eigenvalue weighted by molar-refractivity contribution is 5.08. The first-order valence-corrected chi connectivity index (χ1v) is 8.08. The monoisotopic (exact) mass is 265 g/mol. The van der Waals surface area contributed by atoms with Crippen molar-refractivity contribution in [3.8, 4) is 6.07 Å². The molecule has 3 nitrogen and oxygen atoms in total. The van der Waals surface area contributed by atoms with Gasteiger partial charge in [0.15, 0.2) is 0 Å². The maximum atomic E-state index is 9.58. The Morgan fingerprint density at radius 1 is 1.21 bits per heavy atom. The molecule has 110 valence electrons. The van der Waals surface area contributed by atoms with Crippen LogP contribution in [0.2, 0.25) is 0 Å². The van der Waals surface area contributed by atoms with E-state index in [1.807, 2.05) is 0 Å². The van der Waals surface area contributed by atoms with Gasteiger partial charge in [-0.3, -0.25) is 5.32 Å². The fraction of sp³-hybridized carbons (Fsp3) is 0.938. The summed E-state index contributed by atoms with van der Waals surface area (Å²) >= 11 is 0. The van der Waals surface area contributed by atoms with E-state index in [2.05, 4.69) is 37.1 Å². The van der Waals surface area contributed by atoms with E-state index in [0.29, 0.717) is 0 Å². The fourth-order valence-electron chi connectivity index (χ4n) is 3.14. The van der Waals surface area contributed by atoms with E-state index in [1.165, 1.54) is 25.7 Å². The third-order valence-electron chi connectivity index (χ3n) is 4.77. The SMILES string of the molecule is CCC1CCCC(C#N)(NCCN(CC)CC)CC1. The summed E-state index contributed by atoms with van der Waals surface area (Å²) in [6.45, 7) is 10.8. The summed E-state index contributed by atoms with van der Waals surface area (Å²) in [7, 11) is 0. The Kier molecular flexibility index (Phi) is 7.41. The lowest BCUT2D eigenvalue weighted by Crippen LogP contribution is -2.46. The number of hydrogen-bond donors (Lipinski definition) is 1. The van der Waals surface area contributed by atoms with Crippen molar-refractivity contribution in [1.82, 2.24) is 10.2 Å². The molecule has 1 aliphatic carbocycles. The average molecular weight is 265 g/mol. The van der Waals surface area contributed by atoms with E-state index in [9.17, 15) is 5.26 Å². The van der Waals surface area contributed by atoms with Crippen molar-refractivity contribution in [3.63, 3.8) is 0 Å². The zero-order valence-electron chi connectivity index (χ0n) is 13.0. The number of nitrogens with one attached hydrogen (secondary N) is 1. The predicted molar refractivity (Wildman–Crippen MR) is 81.0 cm³/mol. The van der Waals surface area contributed by atoms with Crippen molar-refractivity contribution >= 4 is 0 Å². The molecular weight excluding hydrogens is 234 g/mol. The minimum absolute atomic E-state index is 0.253. The minimum atomic E-state index is -0.253. The van der Waals surface area contributed by atoms with Crippen molar-refractivity contribution in [1.29, 1.82) is 5.26 Å². The Bertz CT molecular complexity index is 280. The summed E-state index contributed by atoms with van der Waals surface area (Å²) in [5.74, 6) is 0.833. The van der Waals surface area contributed by atoms with Crippen LogP contribution < -0.4 is 5.32 Å². The molecule has 0 bridgehead atoms. The molecule has 1 aliphatic rings. The van der Waals surface area contributed by atoms with Crippen LogP contribution in [0.1, 0.15) is 59.3 Å². The van der Waals surface area contributed by atoms with Crippen LogP contribution in [0.25, 0.3) is 0 Å². The van der Waals surface area contributed by atoms with Gasteiger partial charge in [-0.05, 0) is 38.3 Å². The van der Waals surface area contributed by atoms with Crippen LogP contribution in [0.3, 0.4) is 0 Å². The second kappa shape index (κ2) is 8.55. The van der Waals surface area contributed by atoms with Gasteiger partial charge in [-0.1, -0.05) is 40.0 Å². The van der Waals surface area contributed by atoms with Gasteiger partial charge in [0, 0.05) is 13.1 Å². The summed E-state index contributed by atoms with van der Waals surface area (Å²) in [5, 5.41) is 13.1. The Balaban J connectivity index is 2.45. The van der Waals surface area contributed by atoms with Gasteiger partial charge in [0.05, 0.1) is 6.07 Å². The normalized spacial score (nSPS) is 28.1. The number of nitriles is 1. The second-order valence-electron chi connectivity index (χ2n) is 5.85. The van der Waals surface area contributed by atoms with Crippen LogP contribution >= 0.6 is 0 Å². The highest BCUT2D eigenvalue weighted by Gasteiger charge is 2.32. The van der Waals surface area contributed by atoms with Crippen molar-refractivity contribution in [3.05, 3.63) is 0 Å². The van der Waals surface area contributed by atoms with E-state index < -0.39 is 0 Å². The molecule has 0 radical (unpaired) electrons. The summed E-state index contributed by atoms with van der Waals surface area (Å²) < 4.78 is 0. The molecule has 0 heterocycles. The molecular formula is C16H31N3. The summed E-state index contributed by atoms with van der Waals surface area (Å²) in [5.41, 5.74) is -0.253. The van der Waals surface area contributed by atoms with Gasteiger partial charge in [0.25, 0.3) is 0 Å². The molecule has 1 N–H and O–H groups in total. The van der Waals surface area contributed by atoms with E-state index in [0.717, 1.165) is 44.9 Å². The van der Waals surface area contributed by atoms with Gasteiger partial charge in [-0.2, -0.15) is 5.26 Å². The smallest absolute Gasteiger partial charge is 0.106 e. The molecule has 1 fully saturated rings. The first-order chi connectivity index (χ1) is 9.19. The summed E-state index contributed by atoms with van der Waals surface area (Å²) in [4.78, 5) is 2.41. The van der Waals surface area contributed by atoms with E-state index >= 15 is 0 Å². The fourth-order valence-corrected chi connectivity index (χ4v) is 3.14. The summed E-state index contributed by atoms with van der Waals surface area (Å²) in [6, 6.07) is 2.58. The largest absolute Gasteiger partial charge is 0.303 e. The van der Waals surface area contributed by atoms with Crippen LogP contribution in [0.4, 0.5) is 0 Å². The van der Waals surface area contributed by atoms with E-state index in [1.54, 1.807) is 0 Å². The van der Waals surface area contributed by atoms with Crippen molar-refractivity contribution in [2.75, 3.05) is 26.2 Å². The minimum Gasteiger partial charge on any atom is -0.303 e. The lowest BCUT2D eigenvalue weighted by molar-refractivity contribution is 0.276. The number of hydrogen-bond acceptors (Lipinski definition) is 3. The zero-order chi connectivity index (χ0) is 14.1. The predicted octanol–water partition coefficient (Wildman–Crippen LogP) is 3.17. The van der Waals surface area contributed by atoms with Gasteiger partial charge in [-0.25, -0.2) is 0 Å². The van der Waals surface area contributed by atoms with Gasteiger partial charge in [0.1, 0.15) is 5.54 Å². The Hall–Kier alpha value is -0.590. The van der Waals surface area contributed by atoms with Crippen LogP contribution in [-0.4, -0.2) is 36.6 Å². The molecule has 1 saturated carbocycles. The molecule has 0 aromatic carbocycles. The molecule has 2 atom stereocenters. The molecule has 0 saturated heterocycles. The molecule has 0 spiro atoms. The lowest BCUT2D eigenvalue weighted by atomic mass is 9.90. The molecule has 0 aromatic rings. The van der Waals surface area contributed by atoms with Gasteiger partial charge in [-0.15, -0.1) is 0 Å². The number of likely N-dealkylation sites (N-methyl/N-ethyl adjacent to an activating group) is 1. The highest BCUT2D eigenvalue weighted by atomic mass is 15.1. The Morgan fingerprint density at radius 2 is 1.95 bits per heavy atom. The topological polar surface area (TPSA) is 39.1 Å². The van der Waals surface area contributed by atoms with Crippen molar-refractivity contribution in [2.24, 2.45) is 5.92 Å². The molecule has 0 aromatic heterocycles. The van der Waals surface area contributed by atoms with Crippen LogP contribution in [0.15, 0.2) is 0 Å². The first-order valence-electron chi connectivity index (χ1n) is 8.08. The molecule has 2 unspecified atom stereocenters. The Labute approximate surface area is 119 Å². The second-order valence-corrected chi connectivity index (χ2v) is 5.85. The van der Waals surface area contributed by atoms with E-state index in [4.69, 9.17) is 0 Å². The highest BCUT2D eigenvalue weighted by Crippen LogP contribution is 2.31. The van der Waals surface area contributed by atoms with Crippen LogP contribution in [0, 0.1) is 17.2 Å².